The van der Waals surface area contributed by atoms with Gasteiger partial charge in [-0.05, 0) is 17.7 Å². The maximum atomic E-state index is 11.6. The predicted octanol–water partition coefficient (Wildman–Crippen LogP) is 0.463. The number of hydrogen-bond donors (Lipinski definition) is 4. The summed E-state index contributed by atoms with van der Waals surface area (Å²) >= 11 is 0. The minimum Gasteiger partial charge on any atom is -0.493 e. The highest BCUT2D eigenvalue weighted by atomic mass is 16.6. The second-order valence-electron chi connectivity index (χ2n) is 5.30. The first-order valence-corrected chi connectivity index (χ1v) is 8.38. The highest BCUT2D eigenvalue weighted by Crippen LogP contribution is 2.25. The molecule has 1 aromatic carbocycles. The van der Waals surface area contributed by atoms with Crippen molar-refractivity contribution in [3.05, 3.63) is 34.6 Å². The average molecular weight is 367 g/mol. The molecule has 0 aliphatic carbocycles. The van der Waals surface area contributed by atoms with Crippen molar-refractivity contribution in [3.63, 3.8) is 0 Å². The van der Waals surface area contributed by atoms with E-state index >= 15 is 0 Å². The van der Waals surface area contributed by atoms with Crippen LogP contribution in [0.1, 0.15) is 0 Å². The summed E-state index contributed by atoms with van der Waals surface area (Å²) < 4.78 is 21.5. The molecule has 0 radical (unpaired) electrons. The summed E-state index contributed by atoms with van der Waals surface area (Å²) in [4.78, 5) is 11.6. The normalized spacial score (nSPS) is 11.0. The molecule has 0 fully saturated rings. The van der Waals surface area contributed by atoms with Gasteiger partial charge in [0.25, 0.3) is 5.56 Å². The van der Waals surface area contributed by atoms with Gasteiger partial charge in [-0.2, -0.15) is 0 Å². The van der Waals surface area contributed by atoms with E-state index in [1.165, 1.54) is 0 Å². The average Bonchev–Trinajstić information content (AvgIpc) is 2.99. The van der Waals surface area contributed by atoms with Crippen LogP contribution in [0.25, 0.3) is 11.1 Å². The smallest absolute Gasteiger partial charge is 0.275 e. The molecule has 0 unspecified atom stereocenters. The van der Waals surface area contributed by atoms with Gasteiger partial charge in [-0.1, -0.05) is 12.1 Å². The number of nitrogens with two attached hydrogens (primary N) is 1. The minimum atomic E-state index is -0.377. The van der Waals surface area contributed by atoms with E-state index in [-0.39, 0.29) is 17.0 Å². The van der Waals surface area contributed by atoms with Crippen LogP contribution in [0.4, 0.5) is 0 Å². The summed E-state index contributed by atoms with van der Waals surface area (Å²) in [5, 5.41) is 14.3. The maximum absolute atomic E-state index is 11.6. The Morgan fingerprint density at radius 1 is 0.846 bits per heavy atom. The number of H-pyrrole nitrogens is 2. The number of rotatable bonds is 13. The molecule has 26 heavy (non-hydrogen) atoms. The predicted molar refractivity (Wildman–Crippen MR) is 95.5 cm³/mol. The molecule has 1 aromatic heterocycles. The third kappa shape index (κ3) is 6.52. The van der Waals surface area contributed by atoms with E-state index in [1.807, 2.05) is 0 Å². The molecule has 0 spiro atoms. The Morgan fingerprint density at radius 3 is 1.96 bits per heavy atom. The Balaban J connectivity index is 1.57. The zero-order valence-electron chi connectivity index (χ0n) is 14.5. The van der Waals surface area contributed by atoms with Gasteiger partial charge in [0.15, 0.2) is 0 Å². The number of benzene rings is 1. The molecule has 144 valence electrons. The van der Waals surface area contributed by atoms with Crippen molar-refractivity contribution >= 4 is 0 Å². The molecule has 2 rings (SSSR count). The fourth-order valence-corrected chi connectivity index (χ4v) is 2.18. The van der Waals surface area contributed by atoms with Crippen LogP contribution in [0.15, 0.2) is 29.1 Å². The van der Waals surface area contributed by atoms with E-state index in [0.717, 1.165) is 0 Å². The van der Waals surface area contributed by atoms with Crippen molar-refractivity contribution < 1.29 is 24.1 Å². The molecule has 0 aliphatic rings. The second-order valence-corrected chi connectivity index (χ2v) is 5.30. The van der Waals surface area contributed by atoms with Gasteiger partial charge in [-0.3, -0.25) is 15.0 Å². The molecule has 0 saturated carbocycles. The zero-order chi connectivity index (χ0) is 18.6. The lowest BCUT2D eigenvalue weighted by molar-refractivity contribution is 0.0106. The van der Waals surface area contributed by atoms with Crippen LogP contribution in [0.2, 0.25) is 0 Å². The standard InChI is InChI=1S/C17H25N3O6/c18-5-6-23-7-8-24-9-10-25-11-12-26-14-3-1-13(2-4-14)15-16(21)19-20-17(15)22/h1-4H,5-12,18H2,(H3,19,20,21,22). The van der Waals surface area contributed by atoms with Crippen molar-refractivity contribution in [1.29, 1.82) is 0 Å². The Hall–Kier alpha value is -2.33. The molecule has 0 atom stereocenters. The fourth-order valence-electron chi connectivity index (χ4n) is 2.18. The summed E-state index contributed by atoms with van der Waals surface area (Å²) in [6.07, 6.45) is 0. The molecule has 9 heteroatoms. The van der Waals surface area contributed by atoms with Crippen LogP contribution in [0, 0.1) is 0 Å². The lowest BCUT2D eigenvalue weighted by Crippen LogP contribution is -2.14. The third-order valence-electron chi connectivity index (χ3n) is 3.40. The Bertz CT molecular complexity index is 683. The highest BCUT2D eigenvalue weighted by Gasteiger charge is 2.11. The monoisotopic (exact) mass is 367 g/mol. The van der Waals surface area contributed by atoms with E-state index in [4.69, 9.17) is 24.7 Å². The van der Waals surface area contributed by atoms with Crippen LogP contribution in [0.5, 0.6) is 11.6 Å². The van der Waals surface area contributed by atoms with E-state index < -0.39 is 0 Å². The van der Waals surface area contributed by atoms with E-state index in [1.54, 1.807) is 24.3 Å². The van der Waals surface area contributed by atoms with Crippen LogP contribution in [0.3, 0.4) is 0 Å². The Kier molecular flexibility index (Phi) is 8.70. The number of aromatic amines is 2. The summed E-state index contributed by atoms with van der Waals surface area (Å²) in [6, 6.07) is 6.86. The van der Waals surface area contributed by atoms with Gasteiger partial charge in [-0.15, -0.1) is 0 Å². The highest BCUT2D eigenvalue weighted by molar-refractivity contribution is 5.67. The van der Waals surface area contributed by atoms with Crippen LogP contribution >= 0.6 is 0 Å². The first-order chi connectivity index (χ1) is 12.7. The van der Waals surface area contributed by atoms with Crippen molar-refractivity contribution in [2.24, 2.45) is 5.73 Å². The Labute approximate surface area is 151 Å². The second kappa shape index (κ2) is 11.3. The van der Waals surface area contributed by atoms with Gasteiger partial charge < -0.3 is 29.8 Å². The third-order valence-corrected chi connectivity index (χ3v) is 3.40. The van der Waals surface area contributed by atoms with Gasteiger partial charge in [-0.25, -0.2) is 0 Å². The topological polar surface area (TPSA) is 132 Å². The fraction of sp³-hybridized carbons (Fsp3) is 0.471. The molecule has 0 bridgehead atoms. The zero-order valence-corrected chi connectivity index (χ0v) is 14.5. The quantitative estimate of drug-likeness (QED) is 0.378. The maximum Gasteiger partial charge on any atom is 0.275 e. The van der Waals surface area contributed by atoms with Gasteiger partial charge in [0.05, 0.1) is 39.6 Å². The number of aromatic nitrogens is 2. The van der Waals surface area contributed by atoms with Crippen molar-refractivity contribution in [1.82, 2.24) is 10.2 Å². The number of aromatic hydroxyl groups is 1. The number of hydrogen-bond acceptors (Lipinski definition) is 7. The Morgan fingerprint density at radius 2 is 1.42 bits per heavy atom. The molecule has 0 amide bonds. The van der Waals surface area contributed by atoms with E-state index in [0.29, 0.717) is 64.1 Å². The van der Waals surface area contributed by atoms with Crippen LogP contribution in [-0.2, 0) is 14.2 Å². The number of ether oxygens (including phenoxy) is 4. The van der Waals surface area contributed by atoms with E-state index in [2.05, 4.69) is 10.2 Å². The van der Waals surface area contributed by atoms with Gasteiger partial charge in [0.1, 0.15) is 17.9 Å². The first-order valence-electron chi connectivity index (χ1n) is 8.38. The lowest BCUT2D eigenvalue weighted by atomic mass is 10.1. The molecule has 2 aromatic rings. The van der Waals surface area contributed by atoms with Gasteiger partial charge >= 0.3 is 0 Å². The van der Waals surface area contributed by atoms with Gasteiger partial charge in [0.2, 0.25) is 5.88 Å². The lowest BCUT2D eigenvalue weighted by Gasteiger charge is -2.08. The molecule has 9 nitrogen and oxygen atoms in total. The summed E-state index contributed by atoms with van der Waals surface area (Å²) in [7, 11) is 0. The molecular formula is C17H25N3O6. The molecular weight excluding hydrogens is 342 g/mol. The summed E-state index contributed by atoms with van der Waals surface area (Å²) in [5.41, 5.74) is 5.72. The van der Waals surface area contributed by atoms with Crippen molar-refractivity contribution in [3.8, 4) is 22.8 Å². The van der Waals surface area contributed by atoms with E-state index in [9.17, 15) is 9.90 Å². The van der Waals surface area contributed by atoms with Gasteiger partial charge in [0, 0.05) is 6.54 Å². The van der Waals surface area contributed by atoms with Crippen molar-refractivity contribution in [2.75, 3.05) is 52.8 Å². The van der Waals surface area contributed by atoms with Crippen molar-refractivity contribution in [2.45, 2.75) is 0 Å². The van der Waals surface area contributed by atoms with Crippen LogP contribution in [-0.4, -0.2) is 68.1 Å². The molecule has 1 heterocycles. The first kappa shape index (κ1) is 20.0. The molecule has 5 N–H and O–H groups in total. The summed E-state index contributed by atoms with van der Waals surface area (Å²) in [5.74, 6) is 0.460. The van der Waals surface area contributed by atoms with Crippen LogP contribution < -0.4 is 16.0 Å². The minimum absolute atomic E-state index is 0.190. The molecule has 0 aliphatic heterocycles. The SMILES string of the molecule is NCCOCCOCCOCCOc1ccc(-c2c(O)[nH][nH]c2=O)cc1. The summed E-state index contributed by atoms with van der Waals surface area (Å²) in [6.45, 7) is 3.92. The largest absolute Gasteiger partial charge is 0.493 e. The molecule has 0 saturated heterocycles. The number of nitrogens with one attached hydrogen (secondary N) is 2.